The third-order valence-electron chi connectivity index (χ3n) is 2.88. The molecule has 0 amide bonds. The van der Waals surface area contributed by atoms with E-state index in [0.717, 1.165) is 6.04 Å². The van der Waals surface area contributed by atoms with Crippen molar-refractivity contribution in [3.63, 3.8) is 0 Å². The van der Waals surface area contributed by atoms with Gasteiger partial charge in [-0.1, -0.05) is 6.92 Å². The van der Waals surface area contributed by atoms with E-state index in [1.54, 1.807) is 0 Å². The first-order valence-electron chi connectivity index (χ1n) is 4.92. The fourth-order valence-electron chi connectivity index (χ4n) is 1.68. The third kappa shape index (κ3) is 3.37. The van der Waals surface area contributed by atoms with E-state index in [1.807, 2.05) is 0 Å². The molecule has 0 N–H and O–H groups in total. The van der Waals surface area contributed by atoms with Crippen LogP contribution in [0.1, 0.15) is 33.1 Å². The SMILES string of the molecule is CC[C@@H](C)N1CCC(=C(Br)Br)CC1. The van der Waals surface area contributed by atoms with Crippen molar-refractivity contribution in [2.45, 2.75) is 39.2 Å². The van der Waals surface area contributed by atoms with E-state index in [0.29, 0.717) is 0 Å². The van der Waals surface area contributed by atoms with E-state index in [-0.39, 0.29) is 0 Å². The second kappa shape index (κ2) is 5.52. The predicted octanol–water partition coefficient (Wildman–Crippen LogP) is 3.88. The highest BCUT2D eigenvalue weighted by Crippen LogP contribution is 2.28. The van der Waals surface area contributed by atoms with E-state index in [4.69, 9.17) is 0 Å². The second-order valence-electron chi connectivity index (χ2n) is 3.66. The zero-order chi connectivity index (χ0) is 9.84. The van der Waals surface area contributed by atoms with Crippen LogP contribution in [-0.2, 0) is 0 Å². The molecule has 0 unspecified atom stereocenters. The van der Waals surface area contributed by atoms with Gasteiger partial charge in [-0.2, -0.15) is 0 Å². The minimum Gasteiger partial charge on any atom is -0.300 e. The number of likely N-dealkylation sites (tertiary alicyclic amines) is 1. The van der Waals surface area contributed by atoms with Crippen LogP contribution in [0, 0.1) is 0 Å². The zero-order valence-corrected chi connectivity index (χ0v) is 11.5. The lowest BCUT2D eigenvalue weighted by Crippen LogP contribution is -2.37. The Labute approximate surface area is 97.8 Å². The van der Waals surface area contributed by atoms with Gasteiger partial charge < -0.3 is 4.90 Å². The smallest absolute Gasteiger partial charge is 0.0597 e. The van der Waals surface area contributed by atoms with Crippen molar-refractivity contribution in [2.24, 2.45) is 0 Å². The van der Waals surface area contributed by atoms with E-state index >= 15 is 0 Å². The highest BCUT2D eigenvalue weighted by Gasteiger charge is 2.18. The Balaban J connectivity index is 2.43. The molecule has 0 radical (unpaired) electrons. The molecule has 1 heterocycles. The molecule has 1 fully saturated rings. The van der Waals surface area contributed by atoms with Crippen LogP contribution in [0.15, 0.2) is 8.96 Å². The molecule has 0 aromatic heterocycles. The van der Waals surface area contributed by atoms with Crippen molar-refractivity contribution in [2.75, 3.05) is 13.1 Å². The highest BCUT2D eigenvalue weighted by molar-refractivity contribution is 9.28. The summed E-state index contributed by atoms with van der Waals surface area (Å²) in [5, 5.41) is 0. The van der Waals surface area contributed by atoms with Crippen molar-refractivity contribution in [3.8, 4) is 0 Å². The molecule has 1 aliphatic heterocycles. The lowest BCUT2D eigenvalue weighted by Gasteiger charge is -2.33. The van der Waals surface area contributed by atoms with Crippen LogP contribution in [-0.4, -0.2) is 24.0 Å². The Morgan fingerprint density at radius 3 is 2.31 bits per heavy atom. The van der Waals surface area contributed by atoms with Crippen LogP contribution >= 0.6 is 31.9 Å². The van der Waals surface area contributed by atoms with E-state index in [9.17, 15) is 0 Å². The second-order valence-corrected chi connectivity index (χ2v) is 6.31. The van der Waals surface area contributed by atoms with Gasteiger partial charge in [0.1, 0.15) is 0 Å². The van der Waals surface area contributed by atoms with Gasteiger partial charge in [0.2, 0.25) is 0 Å². The minimum atomic E-state index is 0.746. The Bertz CT molecular complexity index is 187. The maximum atomic E-state index is 3.49. The summed E-state index contributed by atoms with van der Waals surface area (Å²) in [4.78, 5) is 2.58. The average molecular weight is 311 g/mol. The minimum absolute atomic E-state index is 0.746. The molecule has 0 aromatic rings. The van der Waals surface area contributed by atoms with Crippen LogP contribution in [0.4, 0.5) is 0 Å². The molecule has 0 aromatic carbocycles. The van der Waals surface area contributed by atoms with E-state index in [2.05, 4.69) is 50.6 Å². The van der Waals surface area contributed by atoms with Gasteiger partial charge in [-0.15, -0.1) is 0 Å². The van der Waals surface area contributed by atoms with Crippen LogP contribution < -0.4 is 0 Å². The van der Waals surface area contributed by atoms with Gasteiger partial charge in [0, 0.05) is 19.1 Å². The third-order valence-corrected chi connectivity index (χ3v) is 4.00. The largest absolute Gasteiger partial charge is 0.300 e. The van der Waals surface area contributed by atoms with Gasteiger partial charge in [-0.3, -0.25) is 0 Å². The maximum absolute atomic E-state index is 3.49. The molecule has 0 bridgehead atoms. The van der Waals surface area contributed by atoms with Gasteiger partial charge in [0.05, 0.1) is 3.39 Å². The fraction of sp³-hybridized carbons (Fsp3) is 0.800. The summed E-state index contributed by atoms with van der Waals surface area (Å²) in [6.45, 7) is 7.00. The van der Waals surface area contributed by atoms with Crippen LogP contribution in [0.3, 0.4) is 0 Å². The molecular formula is C10H17Br2N. The number of hydrogen-bond donors (Lipinski definition) is 0. The number of piperidine rings is 1. The van der Waals surface area contributed by atoms with Gasteiger partial charge in [-0.05, 0) is 63.6 Å². The summed E-state index contributed by atoms with van der Waals surface area (Å²) in [6, 6.07) is 0.746. The Hall–Kier alpha value is 0.660. The number of hydrogen-bond acceptors (Lipinski definition) is 1. The molecule has 0 saturated carbocycles. The molecule has 1 rings (SSSR count). The molecule has 0 aliphatic carbocycles. The molecule has 76 valence electrons. The van der Waals surface area contributed by atoms with Gasteiger partial charge in [0.25, 0.3) is 0 Å². The van der Waals surface area contributed by atoms with E-state index < -0.39 is 0 Å². The van der Waals surface area contributed by atoms with Crippen LogP contribution in [0.2, 0.25) is 0 Å². The molecule has 1 saturated heterocycles. The zero-order valence-electron chi connectivity index (χ0n) is 8.32. The standard InChI is InChI=1S/C10H17Br2N/c1-3-8(2)13-6-4-9(5-7-13)10(11)12/h8H,3-7H2,1-2H3/t8-/m1/s1. The Morgan fingerprint density at radius 2 is 1.92 bits per heavy atom. The quantitative estimate of drug-likeness (QED) is 0.748. The molecule has 1 aliphatic rings. The summed E-state index contributed by atoms with van der Waals surface area (Å²) in [5.74, 6) is 0. The summed E-state index contributed by atoms with van der Waals surface area (Å²) in [7, 11) is 0. The lowest BCUT2D eigenvalue weighted by atomic mass is 10.0. The number of rotatable bonds is 2. The van der Waals surface area contributed by atoms with Gasteiger partial charge in [0.15, 0.2) is 0 Å². The number of nitrogens with zero attached hydrogens (tertiary/aromatic N) is 1. The van der Waals surface area contributed by atoms with Crippen molar-refractivity contribution < 1.29 is 0 Å². The maximum Gasteiger partial charge on any atom is 0.0597 e. The van der Waals surface area contributed by atoms with Crippen LogP contribution in [0.5, 0.6) is 0 Å². The monoisotopic (exact) mass is 309 g/mol. The lowest BCUT2D eigenvalue weighted by molar-refractivity contribution is 0.191. The normalized spacial score (nSPS) is 21.7. The molecule has 0 spiro atoms. The predicted molar refractivity (Wildman–Crippen MR) is 65.4 cm³/mol. The highest BCUT2D eigenvalue weighted by atomic mass is 79.9. The first-order chi connectivity index (χ1) is 6.15. The first-order valence-corrected chi connectivity index (χ1v) is 6.50. The summed E-state index contributed by atoms with van der Waals surface area (Å²) >= 11 is 6.98. The van der Waals surface area contributed by atoms with Crippen molar-refractivity contribution in [1.29, 1.82) is 0 Å². The fourth-order valence-corrected chi connectivity index (χ4v) is 2.47. The van der Waals surface area contributed by atoms with E-state index in [1.165, 1.54) is 41.3 Å². The molecule has 3 heteroatoms. The van der Waals surface area contributed by atoms with Gasteiger partial charge in [-0.25, -0.2) is 0 Å². The van der Waals surface area contributed by atoms with Crippen LogP contribution in [0.25, 0.3) is 0 Å². The molecule has 1 nitrogen and oxygen atoms in total. The molecule has 1 atom stereocenters. The number of halogens is 2. The molecular weight excluding hydrogens is 294 g/mol. The summed E-state index contributed by atoms with van der Waals surface area (Å²) < 4.78 is 1.17. The molecule has 13 heavy (non-hydrogen) atoms. The first kappa shape index (κ1) is 11.7. The summed E-state index contributed by atoms with van der Waals surface area (Å²) in [6.07, 6.45) is 3.67. The van der Waals surface area contributed by atoms with Crippen molar-refractivity contribution in [3.05, 3.63) is 8.96 Å². The van der Waals surface area contributed by atoms with Gasteiger partial charge >= 0.3 is 0 Å². The topological polar surface area (TPSA) is 3.24 Å². The Kier molecular flexibility index (Phi) is 4.98. The van der Waals surface area contributed by atoms with Crippen molar-refractivity contribution in [1.82, 2.24) is 4.90 Å². The Morgan fingerprint density at radius 1 is 1.38 bits per heavy atom. The van der Waals surface area contributed by atoms with Crippen molar-refractivity contribution >= 4 is 31.9 Å². The summed E-state index contributed by atoms with van der Waals surface area (Å²) in [5.41, 5.74) is 1.53. The average Bonchev–Trinajstić information content (AvgIpc) is 2.17.